The summed E-state index contributed by atoms with van der Waals surface area (Å²) in [4.78, 5) is 44.7. The minimum absolute atomic E-state index is 0.177. The third-order valence-corrected chi connectivity index (χ3v) is 8.07. The molecule has 2 aromatic carbocycles. The molecule has 0 bridgehead atoms. The predicted molar refractivity (Wildman–Crippen MR) is 170 cm³/mol. The summed E-state index contributed by atoms with van der Waals surface area (Å²) in [5.74, 6) is 0.308. The smallest absolute Gasteiger partial charge is 0.344 e. The molecule has 1 aromatic heterocycles. The topological polar surface area (TPSA) is 115 Å². The molecule has 1 aliphatic rings. The Kier molecular flexibility index (Phi) is 11.4. The van der Waals surface area contributed by atoms with Crippen molar-refractivity contribution in [2.24, 2.45) is 4.99 Å². The fourth-order valence-electron chi connectivity index (χ4n) is 4.83. The number of nitrogens with zero attached hydrogens (tertiary/aromatic N) is 2. The highest BCUT2D eigenvalue weighted by molar-refractivity contribution is 9.10. The average molecular weight is 688 g/mol. The van der Waals surface area contributed by atoms with Gasteiger partial charge in [0.2, 0.25) is 0 Å². The van der Waals surface area contributed by atoms with Crippen LogP contribution in [0.4, 0.5) is 0 Å². The standard InChI is InChI=1S/C32H35BrN2O8S/c1-6-10-22-28(31(38)42-9-4)29(21-17-20(33)12-14-23(21)39-5)35-30(37)26(44-32(35)34-22)16-19-11-13-24(25(15-19)40-7-2)43-18-27(36)41-8-3/h11-17,29H,6-10,18H2,1-5H3/b26-16+/t29-/m1/s1. The molecule has 3 aromatic rings. The van der Waals surface area contributed by atoms with E-state index < -0.39 is 18.0 Å². The number of ether oxygens (including phenoxy) is 5. The van der Waals surface area contributed by atoms with Gasteiger partial charge in [-0.15, -0.1) is 0 Å². The zero-order valence-electron chi connectivity index (χ0n) is 25.3. The van der Waals surface area contributed by atoms with Crippen LogP contribution in [0.3, 0.4) is 0 Å². The Labute approximate surface area is 267 Å². The molecule has 234 valence electrons. The van der Waals surface area contributed by atoms with Crippen LogP contribution in [0.15, 0.2) is 61.9 Å². The minimum atomic E-state index is -0.820. The van der Waals surface area contributed by atoms with E-state index in [4.69, 9.17) is 28.7 Å². The number of fused-ring (bicyclic) bond motifs is 1. The number of aromatic nitrogens is 1. The molecule has 2 heterocycles. The molecule has 10 nitrogen and oxygen atoms in total. The molecule has 12 heteroatoms. The monoisotopic (exact) mass is 686 g/mol. The molecule has 44 heavy (non-hydrogen) atoms. The van der Waals surface area contributed by atoms with E-state index in [1.807, 2.05) is 26.0 Å². The van der Waals surface area contributed by atoms with Gasteiger partial charge in [-0.05, 0) is 69.2 Å². The fraction of sp³-hybridized carbons (Fsp3) is 0.375. The van der Waals surface area contributed by atoms with Gasteiger partial charge in [-0.1, -0.05) is 46.7 Å². The molecule has 0 N–H and O–H groups in total. The van der Waals surface area contributed by atoms with Gasteiger partial charge in [0.25, 0.3) is 5.56 Å². The van der Waals surface area contributed by atoms with Crippen molar-refractivity contribution in [2.75, 3.05) is 33.5 Å². The summed E-state index contributed by atoms with van der Waals surface area (Å²) < 4.78 is 30.2. The van der Waals surface area contributed by atoms with Crippen molar-refractivity contribution in [3.8, 4) is 17.2 Å². The van der Waals surface area contributed by atoms with Crippen molar-refractivity contribution >= 4 is 45.3 Å². The van der Waals surface area contributed by atoms with E-state index in [0.29, 0.717) is 62.0 Å². The van der Waals surface area contributed by atoms with Gasteiger partial charge in [0.1, 0.15) is 11.8 Å². The average Bonchev–Trinajstić information content (AvgIpc) is 3.30. The molecule has 1 atom stereocenters. The van der Waals surface area contributed by atoms with E-state index in [1.165, 1.54) is 15.9 Å². The Morgan fingerprint density at radius 3 is 2.41 bits per heavy atom. The summed E-state index contributed by atoms with van der Waals surface area (Å²) in [6.07, 6.45) is 3.00. The maximum atomic E-state index is 14.1. The number of rotatable bonds is 13. The molecule has 0 saturated carbocycles. The van der Waals surface area contributed by atoms with Gasteiger partial charge >= 0.3 is 11.9 Å². The lowest BCUT2D eigenvalue weighted by molar-refractivity contribution is -0.145. The van der Waals surface area contributed by atoms with Gasteiger partial charge < -0.3 is 23.7 Å². The summed E-state index contributed by atoms with van der Waals surface area (Å²) in [6.45, 7) is 7.86. The van der Waals surface area contributed by atoms with Crippen LogP contribution in [-0.4, -0.2) is 50.0 Å². The van der Waals surface area contributed by atoms with Crippen LogP contribution in [0.5, 0.6) is 17.2 Å². The third kappa shape index (κ3) is 7.24. The van der Waals surface area contributed by atoms with Gasteiger partial charge in [0, 0.05) is 10.0 Å². The Bertz CT molecular complexity index is 1740. The zero-order chi connectivity index (χ0) is 31.8. The lowest BCUT2D eigenvalue weighted by Gasteiger charge is -2.27. The maximum Gasteiger partial charge on any atom is 0.344 e. The van der Waals surface area contributed by atoms with Crippen LogP contribution in [0.2, 0.25) is 0 Å². The molecule has 4 rings (SSSR count). The van der Waals surface area contributed by atoms with Gasteiger partial charge in [-0.2, -0.15) is 0 Å². The molecule has 0 aliphatic carbocycles. The number of carbonyl (C=O) groups is 2. The molecular weight excluding hydrogens is 652 g/mol. The first-order valence-electron chi connectivity index (χ1n) is 14.4. The van der Waals surface area contributed by atoms with E-state index in [-0.39, 0.29) is 25.4 Å². The number of hydrogen-bond donors (Lipinski definition) is 0. The molecule has 0 amide bonds. The summed E-state index contributed by atoms with van der Waals surface area (Å²) in [5, 5.41) is 0. The first-order chi connectivity index (χ1) is 21.3. The molecule has 0 spiro atoms. The van der Waals surface area contributed by atoms with Gasteiger partial charge in [0.05, 0.1) is 42.7 Å². The van der Waals surface area contributed by atoms with E-state index in [2.05, 4.69) is 15.9 Å². The molecule has 0 unspecified atom stereocenters. The van der Waals surface area contributed by atoms with E-state index in [1.54, 1.807) is 51.3 Å². The van der Waals surface area contributed by atoms with Gasteiger partial charge in [-0.3, -0.25) is 9.36 Å². The third-order valence-electron chi connectivity index (χ3n) is 6.59. The number of benzene rings is 2. The summed E-state index contributed by atoms with van der Waals surface area (Å²) in [5.41, 5.74) is 1.87. The molecule has 0 saturated heterocycles. The molecule has 0 fully saturated rings. The highest BCUT2D eigenvalue weighted by atomic mass is 79.9. The lowest BCUT2D eigenvalue weighted by atomic mass is 9.93. The number of thiazole rings is 1. The Morgan fingerprint density at radius 1 is 0.977 bits per heavy atom. The van der Waals surface area contributed by atoms with Crippen molar-refractivity contribution in [3.05, 3.63) is 83.0 Å². The lowest BCUT2D eigenvalue weighted by Crippen LogP contribution is -2.40. The summed E-state index contributed by atoms with van der Waals surface area (Å²) in [7, 11) is 1.55. The van der Waals surface area contributed by atoms with Crippen LogP contribution >= 0.6 is 27.3 Å². The largest absolute Gasteiger partial charge is 0.496 e. The quantitative estimate of drug-likeness (QED) is 0.238. The van der Waals surface area contributed by atoms with Crippen LogP contribution in [-0.2, 0) is 19.1 Å². The highest BCUT2D eigenvalue weighted by Gasteiger charge is 2.36. The summed E-state index contributed by atoms with van der Waals surface area (Å²) >= 11 is 4.76. The maximum absolute atomic E-state index is 14.1. The molecular formula is C32H35BrN2O8S. The minimum Gasteiger partial charge on any atom is -0.496 e. The molecule has 1 aliphatic heterocycles. The van der Waals surface area contributed by atoms with E-state index >= 15 is 0 Å². The Morgan fingerprint density at radius 2 is 1.73 bits per heavy atom. The van der Waals surface area contributed by atoms with Crippen molar-refractivity contribution in [1.82, 2.24) is 4.57 Å². The second kappa shape index (κ2) is 15.2. The second-order valence-electron chi connectivity index (χ2n) is 9.53. The molecule has 0 radical (unpaired) electrons. The van der Waals surface area contributed by atoms with E-state index in [9.17, 15) is 14.4 Å². The highest BCUT2D eigenvalue weighted by Crippen LogP contribution is 2.38. The number of hydrogen-bond acceptors (Lipinski definition) is 10. The number of carbonyl (C=O) groups excluding carboxylic acids is 2. The van der Waals surface area contributed by atoms with Crippen LogP contribution in [0, 0.1) is 0 Å². The van der Waals surface area contributed by atoms with Gasteiger partial charge in [-0.25, -0.2) is 14.6 Å². The number of allylic oxidation sites excluding steroid dienone is 1. The predicted octanol–water partition coefficient (Wildman–Crippen LogP) is 4.69. The Balaban J connectivity index is 1.89. The fourth-order valence-corrected chi connectivity index (χ4v) is 6.23. The van der Waals surface area contributed by atoms with Crippen LogP contribution in [0.25, 0.3) is 6.08 Å². The SMILES string of the molecule is CCCC1=C(C(=O)OCC)[C@@H](c2cc(Br)ccc2OC)n2c(s/c(=C/c3ccc(OCC(=O)OCC)c(OCC)c3)c2=O)=N1. The van der Waals surface area contributed by atoms with Crippen LogP contribution in [0.1, 0.15) is 57.7 Å². The second-order valence-corrected chi connectivity index (χ2v) is 11.5. The van der Waals surface area contributed by atoms with Crippen LogP contribution < -0.4 is 29.1 Å². The number of halogens is 1. The van der Waals surface area contributed by atoms with Crippen molar-refractivity contribution in [1.29, 1.82) is 0 Å². The van der Waals surface area contributed by atoms with Crippen molar-refractivity contribution in [2.45, 2.75) is 46.6 Å². The van der Waals surface area contributed by atoms with Crippen molar-refractivity contribution < 1.29 is 33.3 Å². The van der Waals surface area contributed by atoms with Crippen molar-refractivity contribution in [3.63, 3.8) is 0 Å². The van der Waals surface area contributed by atoms with E-state index in [0.717, 1.165) is 10.9 Å². The zero-order valence-corrected chi connectivity index (χ0v) is 27.7. The number of methoxy groups -OCH3 is 1. The summed E-state index contributed by atoms with van der Waals surface area (Å²) in [6, 6.07) is 9.84. The van der Waals surface area contributed by atoms with Gasteiger partial charge in [0.15, 0.2) is 22.9 Å². The first-order valence-corrected chi connectivity index (χ1v) is 16.0. The first kappa shape index (κ1) is 33.0. The Hall–Kier alpha value is -3.90. The normalized spacial score (nSPS) is 14.5. The number of esters is 2.